The van der Waals surface area contributed by atoms with E-state index in [1.165, 1.54) is 0 Å². The Morgan fingerprint density at radius 2 is 1.83 bits per heavy atom. The second-order valence-corrected chi connectivity index (χ2v) is 7.50. The smallest absolute Gasteiger partial charge is 0.253 e. The predicted octanol–water partition coefficient (Wildman–Crippen LogP) is 1.62. The number of carbonyl (C=O) groups excluding carboxylic acids is 1. The third-order valence-corrected chi connectivity index (χ3v) is 5.40. The molecule has 0 spiro atoms. The number of benzene rings is 1. The SMILES string of the molecule is CCCS(=O)(=O)NC1CCN(C(=O)c2ccc(N)cc2)CC1.Cl. The van der Waals surface area contributed by atoms with Crippen LogP contribution in [0.25, 0.3) is 0 Å². The minimum atomic E-state index is -3.19. The first kappa shape index (κ1) is 19.7. The molecule has 0 bridgehead atoms. The summed E-state index contributed by atoms with van der Waals surface area (Å²) in [5.41, 5.74) is 6.85. The van der Waals surface area contributed by atoms with Crippen molar-refractivity contribution in [3.8, 4) is 0 Å². The van der Waals surface area contributed by atoms with Crippen LogP contribution in [0.15, 0.2) is 24.3 Å². The van der Waals surface area contributed by atoms with Gasteiger partial charge in [-0.1, -0.05) is 6.92 Å². The molecule has 0 saturated carbocycles. The molecule has 23 heavy (non-hydrogen) atoms. The Hall–Kier alpha value is -1.31. The van der Waals surface area contributed by atoms with E-state index in [1.807, 2.05) is 6.92 Å². The molecule has 1 aliphatic rings. The van der Waals surface area contributed by atoms with Gasteiger partial charge >= 0.3 is 0 Å². The number of nitrogens with one attached hydrogen (secondary N) is 1. The molecule has 0 aliphatic carbocycles. The van der Waals surface area contributed by atoms with Crippen molar-refractivity contribution in [3.05, 3.63) is 29.8 Å². The molecule has 130 valence electrons. The maximum atomic E-state index is 12.4. The molecule has 1 aliphatic heterocycles. The molecule has 0 aromatic heterocycles. The van der Waals surface area contributed by atoms with E-state index in [2.05, 4.69) is 4.72 Å². The van der Waals surface area contributed by atoms with Gasteiger partial charge in [0.1, 0.15) is 0 Å². The van der Waals surface area contributed by atoms with Crippen LogP contribution in [-0.4, -0.2) is 44.1 Å². The van der Waals surface area contributed by atoms with Crippen LogP contribution in [0.3, 0.4) is 0 Å². The number of carbonyl (C=O) groups is 1. The highest BCUT2D eigenvalue weighted by Gasteiger charge is 2.26. The number of amides is 1. The number of hydrogen-bond donors (Lipinski definition) is 2. The lowest BCUT2D eigenvalue weighted by atomic mass is 10.0. The zero-order valence-corrected chi connectivity index (χ0v) is 14.8. The Labute approximate surface area is 143 Å². The largest absolute Gasteiger partial charge is 0.399 e. The summed E-state index contributed by atoms with van der Waals surface area (Å²) in [7, 11) is -3.19. The fourth-order valence-electron chi connectivity index (χ4n) is 2.59. The van der Waals surface area contributed by atoms with Crippen LogP contribution in [-0.2, 0) is 10.0 Å². The van der Waals surface area contributed by atoms with Gasteiger partial charge in [0.15, 0.2) is 0 Å². The van der Waals surface area contributed by atoms with Gasteiger partial charge in [-0.2, -0.15) is 0 Å². The van der Waals surface area contributed by atoms with Crippen LogP contribution in [0.2, 0.25) is 0 Å². The highest BCUT2D eigenvalue weighted by atomic mass is 35.5. The number of likely N-dealkylation sites (tertiary alicyclic amines) is 1. The van der Waals surface area contributed by atoms with E-state index >= 15 is 0 Å². The van der Waals surface area contributed by atoms with E-state index in [4.69, 9.17) is 5.73 Å². The van der Waals surface area contributed by atoms with Gasteiger partial charge in [-0.15, -0.1) is 12.4 Å². The van der Waals surface area contributed by atoms with Gasteiger partial charge in [0, 0.05) is 30.4 Å². The average Bonchev–Trinajstić information content (AvgIpc) is 2.47. The Balaban J connectivity index is 0.00000264. The Morgan fingerprint density at radius 3 is 2.35 bits per heavy atom. The first-order valence-corrected chi connectivity index (χ1v) is 9.21. The van der Waals surface area contributed by atoms with Crippen molar-refractivity contribution in [1.82, 2.24) is 9.62 Å². The van der Waals surface area contributed by atoms with E-state index in [0.29, 0.717) is 43.6 Å². The Morgan fingerprint density at radius 1 is 1.26 bits per heavy atom. The summed E-state index contributed by atoms with van der Waals surface area (Å²) in [5.74, 6) is 0.118. The van der Waals surface area contributed by atoms with Crippen LogP contribution in [0, 0.1) is 0 Å². The Kier molecular flexibility index (Phi) is 7.31. The summed E-state index contributed by atoms with van der Waals surface area (Å²) in [6.45, 7) is 2.96. The van der Waals surface area contributed by atoms with Crippen molar-refractivity contribution < 1.29 is 13.2 Å². The summed E-state index contributed by atoms with van der Waals surface area (Å²) in [6, 6.07) is 6.77. The van der Waals surface area contributed by atoms with Crippen LogP contribution in [0.1, 0.15) is 36.5 Å². The van der Waals surface area contributed by atoms with Gasteiger partial charge in [-0.3, -0.25) is 4.79 Å². The van der Waals surface area contributed by atoms with E-state index < -0.39 is 10.0 Å². The number of rotatable bonds is 5. The summed E-state index contributed by atoms with van der Waals surface area (Å²) in [6.07, 6.45) is 1.89. The lowest BCUT2D eigenvalue weighted by molar-refractivity contribution is 0.0711. The molecule has 0 radical (unpaired) electrons. The topological polar surface area (TPSA) is 92.5 Å². The number of nitrogens with two attached hydrogens (primary N) is 1. The molecule has 8 heteroatoms. The van der Waals surface area contributed by atoms with Gasteiger partial charge < -0.3 is 10.6 Å². The van der Waals surface area contributed by atoms with Crippen LogP contribution in [0.5, 0.6) is 0 Å². The molecular formula is C15H24ClN3O3S. The first-order valence-electron chi connectivity index (χ1n) is 7.56. The third-order valence-electron chi connectivity index (χ3n) is 3.76. The number of nitrogen functional groups attached to an aromatic ring is 1. The fraction of sp³-hybridized carbons (Fsp3) is 0.533. The maximum Gasteiger partial charge on any atom is 0.253 e. The molecule has 1 heterocycles. The minimum absolute atomic E-state index is 0. The molecule has 1 aromatic rings. The third kappa shape index (κ3) is 5.67. The number of sulfonamides is 1. The van der Waals surface area contributed by atoms with E-state index in [1.54, 1.807) is 29.2 Å². The summed E-state index contributed by atoms with van der Waals surface area (Å²) in [5, 5.41) is 0. The lowest BCUT2D eigenvalue weighted by Gasteiger charge is -2.32. The molecule has 2 rings (SSSR count). The summed E-state index contributed by atoms with van der Waals surface area (Å²) >= 11 is 0. The number of anilines is 1. The van der Waals surface area contributed by atoms with Gasteiger partial charge in [0.2, 0.25) is 10.0 Å². The summed E-state index contributed by atoms with van der Waals surface area (Å²) < 4.78 is 26.2. The van der Waals surface area contributed by atoms with Crippen LogP contribution >= 0.6 is 12.4 Å². The van der Waals surface area contributed by atoms with Crippen molar-refractivity contribution in [2.45, 2.75) is 32.2 Å². The maximum absolute atomic E-state index is 12.4. The molecule has 0 unspecified atom stereocenters. The minimum Gasteiger partial charge on any atom is -0.399 e. The second-order valence-electron chi connectivity index (χ2n) is 5.63. The van der Waals surface area contributed by atoms with Gasteiger partial charge in [0.05, 0.1) is 5.75 Å². The average molecular weight is 362 g/mol. The van der Waals surface area contributed by atoms with Gasteiger partial charge in [0.25, 0.3) is 5.91 Å². The Bertz CT molecular complexity index is 611. The van der Waals surface area contributed by atoms with E-state index in [-0.39, 0.29) is 30.1 Å². The van der Waals surface area contributed by atoms with Crippen molar-refractivity contribution >= 4 is 34.0 Å². The van der Waals surface area contributed by atoms with Crippen molar-refractivity contribution in [1.29, 1.82) is 0 Å². The molecule has 1 saturated heterocycles. The summed E-state index contributed by atoms with van der Waals surface area (Å²) in [4.78, 5) is 14.1. The van der Waals surface area contributed by atoms with Crippen LogP contribution < -0.4 is 10.5 Å². The van der Waals surface area contributed by atoms with Crippen LogP contribution in [0.4, 0.5) is 5.69 Å². The molecule has 3 N–H and O–H groups in total. The predicted molar refractivity (Wildman–Crippen MR) is 94.2 cm³/mol. The van der Waals surface area contributed by atoms with Crippen molar-refractivity contribution in [2.75, 3.05) is 24.6 Å². The molecule has 6 nitrogen and oxygen atoms in total. The number of halogens is 1. The monoisotopic (exact) mass is 361 g/mol. The zero-order valence-electron chi connectivity index (χ0n) is 13.2. The number of hydrogen-bond acceptors (Lipinski definition) is 4. The van der Waals surface area contributed by atoms with Crippen molar-refractivity contribution in [2.24, 2.45) is 0 Å². The second kappa shape index (κ2) is 8.52. The van der Waals surface area contributed by atoms with E-state index in [9.17, 15) is 13.2 Å². The molecule has 1 aromatic carbocycles. The van der Waals surface area contributed by atoms with E-state index in [0.717, 1.165) is 0 Å². The standard InChI is InChI=1S/C15H23N3O3S.ClH/c1-2-11-22(20,21)17-14-7-9-18(10-8-14)15(19)12-3-5-13(16)6-4-12;/h3-6,14,17H,2,7-11,16H2,1H3;1H. The molecule has 1 fully saturated rings. The van der Waals surface area contributed by atoms with Gasteiger partial charge in [-0.05, 0) is 43.5 Å². The highest BCUT2D eigenvalue weighted by Crippen LogP contribution is 2.15. The molecule has 1 amide bonds. The fourth-order valence-corrected chi connectivity index (χ4v) is 3.99. The van der Waals surface area contributed by atoms with Crippen molar-refractivity contribution in [3.63, 3.8) is 0 Å². The quantitative estimate of drug-likeness (QED) is 0.779. The molecular weight excluding hydrogens is 338 g/mol. The number of nitrogens with zero attached hydrogens (tertiary/aromatic N) is 1. The number of piperidine rings is 1. The zero-order chi connectivity index (χ0) is 16.2. The lowest BCUT2D eigenvalue weighted by Crippen LogP contribution is -2.46. The first-order chi connectivity index (χ1) is 10.4. The molecule has 0 atom stereocenters. The normalized spacial score (nSPS) is 16.0. The van der Waals surface area contributed by atoms with Gasteiger partial charge in [-0.25, -0.2) is 13.1 Å². The highest BCUT2D eigenvalue weighted by molar-refractivity contribution is 7.89.